The molecule has 0 saturated carbocycles. The second kappa shape index (κ2) is 6.33. The van der Waals surface area contributed by atoms with E-state index in [0.717, 1.165) is 4.47 Å². The summed E-state index contributed by atoms with van der Waals surface area (Å²) in [6.07, 6.45) is 0. The van der Waals surface area contributed by atoms with Gasteiger partial charge in [0.15, 0.2) is 0 Å². The van der Waals surface area contributed by atoms with Crippen molar-refractivity contribution in [2.45, 2.75) is 39.2 Å². The highest BCUT2D eigenvalue weighted by molar-refractivity contribution is 9.10. The average Bonchev–Trinajstić information content (AvgIpc) is 2.41. The molecular formula is C19H24BrN. The van der Waals surface area contributed by atoms with E-state index in [1.54, 1.807) is 0 Å². The number of hydrogen-bond donors (Lipinski definition) is 1. The maximum atomic E-state index is 3.53. The summed E-state index contributed by atoms with van der Waals surface area (Å²) in [5.74, 6) is 0. The van der Waals surface area contributed by atoms with Gasteiger partial charge in [-0.15, -0.1) is 0 Å². The molecule has 1 nitrogen and oxygen atoms in total. The van der Waals surface area contributed by atoms with Crippen LogP contribution in [0.1, 0.15) is 49.1 Å². The molecule has 21 heavy (non-hydrogen) atoms. The van der Waals surface area contributed by atoms with Crippen molar-refractivity contribution in [1.82, 2.24) is 5.32 Å². The number of halogens is 1. The highest BCUT2D eigenvalue weighted by atomic mass is 79.9. The molecule has 0 bridgehead atoms. The normalized spacial score (nSPS) is 13.2. The van der Waals surface area contributed by atoms with Gasteiger partial charge in [0, 0.05) is 4.47 Å². The van der Waals surface area contributed by atoms with Gasteiger partial charge in [0.25, 0.3) is 0 Å². The standard InChI is InChI=1S/C19H24BrN/c1-13-12-16(20)10-11-17(13)18(21-5)14-6-8-15(9-7-14)19(2,3)4/h6-12,18,21H,1-5H3. The molecule has 1 unspecified atom stereocenters. The monoisotopic (exact) mass is 345 g/mol. The summed E-state index contributed by atoms with van der Waals surface area (Å²) in [7, 11) is 2.02. The molecule has 0 aliphatic carbocycles. The Bertz CT molecular complexity index is 608. The largest absolute Gasteiger partial charge is 0.309 e. The first-order chi connectivity index (χ1) is 9.82. The molecule has 0 aliphatic heterocycles. The minimum atomic E-state index is 0.196. The van der Waals surface area contributed by atoms with Crippen LogP contribution >= 0.6 is 15.9 Å². The van der Waals surface area contributed by atoms with Crippen molar-refractivity contribution in [3.63, 3.8) is 0 Å². The Kier molecular flexibility index (Phi) is 4.90. The van der Waals surface area contributed by atoms with Gasteiger partial charge in [-0.2, -0.15) is 0 Å². The van der Waals surface area contributed by atoms with E-state index in [9.17, 15) is 0 Å². The summed E-state index contributed by atoms with van der Waals surface area (Å²) >= 11 is 3.53. The Balaban J connectivity index is 2.37. The zero-order valence-corrected chi connectivity index (χ0v) is 15.1. The lowest BCUT2D eigenvalue weighted by atomic mass is 9.85. The minimum Gasteiger partial charge on any atom is -0.309 e. The number of aryl methyl sites for hydroxylation is 1. The van der Waals surface area contributed by atoms with Gasteiger partial charge < -0.3 is 5.32 Å². The van der Waals surface area contributed by atoms with Crippen LogP contribution in [0.5, 0.6) is 0 Å². The fourth-order valence-corrected chi connectivity index (χ4v) is 3.12. The zero-order valence-electron chi connectivity index (χ0n) is 13.5. The molecular weight excluding hydrogens is 322 g/mol. The SMILES string of the molecule is CNC(c1ccc(C(C)(C)C)cc1)c1ccc(Br)cc1C. The quantitative estimate of drug-likeness (QED) is 0.788. The predicted molar refractivity (Wildman–Crippen MR) is 94.9 cm³/mol. The summed E-state index contributed by atoms with van der Waals surface area (Å²) in [4.78, 5) is 0. The van der Waals surface area contributed by atoms with E-state index in [1.165, 1.54) is 22.3 Å². The van der Waals surface area contributed by atoms with E-state index in [2.05, 4.69) is 91.4 Å². The van der Waals surface area contributed by atoms with Crippen LogP contribution < -0.4 is 5.32 Å². The second-order valence-corrected chi connectivity index (χ2v) is 7.51. The van der Waals surface area contributed by atoms with Gasteiger partial charge in [-0.05, 0) is 53.8 Å². The molecule has 0 saturated heterocycles. The fourth-order valence-electron chi connectivity index (χ4n) is 2.64. The van der Waals surface area contributed by atoms with Crippen LogP contribution in [0, 0.1) is 6.92 Å². The third kappa shape index (κ3) is 3.75. The highest BCUT2D eigenvalue weighted by Gasteiger charge is 2.17. The molecule has 2 aromatic rings. The molecule has 2 heteroatoms. The van der Waals surface area contributed by atoms with Gasteiger partial charge in [-0.3, -0.25) is 0 Å². The van der Waals surface area contributed by atoms with Gasteiger partial charge in [0.05, 0.1) is 6.04 Å². The van der Waals surface area contributed by atoms with Gasteiger partial charge in [0.2, 0.25) is 0 Å². The lowest BCUT2D eigenvalue weighted by Crippen LogP contribution is -2.19. The number of rotatable bonds is 3. The molecule has 0 radical (unpaired) electrons. The topological polar surface area (TPSA) is 12.0 Å². The second-order valence-electron chi connectivity index (χ2n) is 6.59. The van der Waals surface area contributed by atoms with Crippen LogP contribution in [0.3, 0.4) is 0 Å². The van der Waals surface area contributed by atoms with Crippen molar-refractivity contribution >= 4 is 15.9 Å². The third-order valence-electron chi connectivity index (χ3n) is 3.94. The first-order valence-electron chi connectivity index (χ1n) is 7.36. The van der Waals surface area contributed by atoms with Gasteiger partial charge in [-0.25, -0.2) is 0 Å². The van der Waals surface area contributed by atoms with Crippen LogP contribution in [0.2, 0.25) is 0 Å². The highest BCUT2D eigenvalue weighted by Crippen LogP contribution is 2.29. The lowest BCUT2D eigenvalue weighted by Gasteiger charge is -2.23. The minimum absolute atomic E-state index is 0.196. The smallest absolute Gasteiger partial charge is 0.0576 e. The van der Waals surface area contributed by atoms with Crippen LogP contribution in [-0.2, 0) is 5.41 Å². The van der Waals surface area contributed by atoms with Crippen molar-refractivity contribution in [2.24, 2.45) is 0 Å². The first-order valence-corrected chi connectivity index (χ1v) is 8.16. The zero-order chi connectivity index (χ0) is 15.6. The molecule has 1 N–H and O–H groups in total. The predicted octanol–water partition coefficient (Wildman–Crippen LogP) is 5.36. The average molecular weight is 346 g/mol. The molecule has 0 aliphatic rings. The molecule has 0 fully saturated rings. The van der Waals surface area contributed by atoms with Crippen molar-refractivity contribution in [3.05, 3.63) is 69.2 Å². The summed E-state index contributed by atoms with van der Waals surface area (Å²) in [6.45, 7) is 8.90. The number of benzene rings is 2. The summed E-state index contributed by atoms with van der Waals surface area (Å²) in [5.41, 5.74) is 5.48. The molecule has 0 aromatic heterocycles. The summed E-state index contributed by atoms with van der Waals surface area (Å²) in [5, 5.41) is 3.44. The molecule has 2 rings (SSSR count). The van der Waals surface area contributed by atoms with E-state index in [0.29, 0.717) is 0 Å². The Morgan fingerprint density at radius 2 is 1.62 bits per heavy atom. The molecule has 0 amide bonds. The molecule has 2 aromatic carbocycles. The molecule has 112 valence electrons. The van der Waals surface area contributed by atoms with E-state index in [-0.39, 0.29) is 11.5 Å². The number of hydrogen-bond acceptors (Lipinski definition) is 1. The van der Waals surface area contributed by atoms with Crippen LogP contribution in [0.25, 0.3) is 0 Å². The Labute approximate surface area is 136 Å². The van der Waals surface area contributed by atoms with Crippen molar-refractivity contribution in [1.29, 1.82) is 0 Å². The van der Waals surface area contributed by atoms with E-state index >= 15 is 0 Å². The summed E-state index contributed by atoms with van der Waals surface area (Å²) < 4.78 is 1.13. The van der Waals surface area contributed by atoms with Crippen molar-refractivity contribution in [2.75, 3.05) is 7.05 Å². The van der Waals surface area contributed by atoms with Crippen LogP contribution in [0.4, 0.5) is 0 Å². The maximum Gasteiger partial charge on any atom is 0.0576 e. The summed E-state index contributed by atoms with van der Waals surface area (Å²) in [6, 6.07) is 15.7. The Hall–Kier alpha value is -1.12. The van der Waals surface area contributed by atoms with Gasteiger partial charge in [0.1, 0.15) is 0 Å². The maximum absolute atomic E-state index is 3.53. The van der Waals surface area contributed by atoms with Crippen LogP contribution in [0.15, 0.2) is 46.9 Å². The van der Waals surface area contributed by atoms with Crippen LogP contribution in [-0.4, -0.2) is 7.05 Å². The van der Waals surface area contributed by atoms with Crippen molar-refractivity contribution in [3.8, 4) is 0 Å². The van der Waals surface area contributed by atoms with Crippen molar-refractivity contribution < 1.29 is 0 Å². The first kappa shape index (κ1) is 16.3. The Morgan fingerprint density at radius 1 is 1.00 bits per heavy atom. The Morgan fingerprint density at radius 3 is 2.10 bits per heavy atom. The number of nitrogens with one attached hydrogen (secondary N) is 1. The van der Waals surface area contributed by atoms with Gasteiger partial charge >= 0.3 is 0 Å². The van der Waals surface area contributed by atoms with E-state index in [4.69, 9.17) is 0 Å². The third-order valence-corrected chi connectivity index (χ3v) is 4.43. The van der Waals surface area contributed by atoms with E-state index < -0.39 is 0 Å². The molecule has 0 heterocycles. The molecule has 0 spiro atoms. The van der Waals surface area contributed by atoms with Gasteiger partial charge in [-0.1, -0.05) is 67.0 Å². The molecule has 1 atom stereocenters. The fraction of sp³-hybridized carbons (Fsp3) is 0.368. The van der Waals surface area contributed by atoms with E-state index in [1.807, 2.05) is 7.05 Å². The lowest BCUT2D eigenvalue weighted by molar-refractivity contribution is 0.589.